The lowest BCUT2D eigenvalue weighted by molar-refractivity contribution is 0.385. The molecular weight excluding hydrogens is 136 g/mol. The third-order valence-electron chi connectivity index (χ3n) is 3.38. The first-order valence-corrected chi connectivity index (χ1v) is 4.42. The van der Waals surface area contributed by atoms with Gasteiger partial charge in [0, 0.05) is 18.5 Å². The Morgan fingerprint density at radius 1 is 1.55 bits per heavy atom. The van der Waals surface area contributed by atoms with Gasteiger partial charge >= 0.3 is 0 Å². The number of rotatable bonds is 2. The van der Waals surface area contributed by atoms with Crippen molar-refractivity contribution in [3.63, 3.8) is 0 Å². The second-order valence-corrected chi connectivity index (χ2v) is 3.88. The van der Waals surface area contributed by atoms with Gasteiger partial charge in [-0.05, 0) is 25.2 Å². The second-order valence-electron chi connectivity index (χ2n) is 3.88. The van der Waals surface area contributed by atoms with Gasteiger partial charge in [-0.2, -0.15) is 0 Å². The van der Waals surface area contributed by atoms with E-state index in [-0.39, 0.29) is 0 Å². The Labute approximate surface area is 67.6 Å². The van der Waals surface area contributed by atoms with Crippen LogP contribution in [0.5, 0.6) is 0 Å². The Bertz CT molecular complexity index is 198. The van der Waals surface area contributed by atoms with Gasteiger partial charge in [0.05, 0.1) is 0 Å². The van der Waals surface area contributed by atoms with Gasteiger partial charge in [0.15, 0.2) is 0 Å². The molecule has 0 amide bonds. The highest BCUT2D eigenvalue weighted by Crippen LogP contribution is 2.52. The van der Waals surface area contributed by atoms with Gasteiger partial charge in [0.1, 0.15) is 0 Å². The van der Waals surface area contributed by atoms with E-state index in [0.717, 1.165) is 12.5 Å². The normalized spacial score (nSPS) is 41.3. The standard InChI is InChI=1S/C9H16N2/c10-5-8-3-7-1-2-9(8,4-7)6-11/h3,7H,1-2,4-6,10-11H2. The van der Waals surface area contributed by atoms with Gasteiger partial charge in [0.2, 0.25) is 0 Å². The fourth-order valence-corrected chi connectivity index (χ4v) is 2.66. The van der Waals surface area contributed by atoms with Gasteiger partial charge in [-0.15, -0.1) is 0 Å². The minimum Gasteiger partial charge on any atom is -0.330 e. The molecule has 1 saturated carbocycles. The Morgan fingerprint density at radius 2 is 2.36 bits per heavy atom. The maximum atomic E-state index is 5.78. The monoisotopic (exact) mass is 152 g/mol. The van der Waals surface area contributed by atoms with Crippen LogP contribution >= 0.6 is 0 Å². The van der Waals surface area contributed by atoms with Crippen LogP contribution in [0, 0.1) is 11.3 Å². The molecule has 0 radical (unpaired) electrons. The van der Waals surface area contributed by atoms with E-state index >= 15 is 0 Å². The Balaban J connectivity index is 2.27. The minimum absolute atomic E-state index is 0.333. The summed E-state index contributed by atoms with van der Waals surface area (Å²) >= 11 is 0. The lowest BCUT2D eigenvalue weighted by atomic mass is 9.80. The maximum absolute atomic E-state index is 5.78. The summed E-state index contributed by atoms with van der Waals surface area (Å²) in [6.07, 6.45) is 6.24. The van der Waals surface area contributed by atoms with E-state index in [4.69, 9.17) is 11.5 Å². The van der Waals surface area contributed by atoms with E-state index in [9.17, 15) is 0 Å². The van der Waals surface area contributed by atoms with Gasteiger partial charge in [-0.1, -0.05) is 11.6 Å². The predicted molar refractivity (Wildman–Crippen MR) is 46.0 cm³/mol. The Kier molecular flexibility index (Phi) is 1.55. The van der Waals surface area contributed by atoms with Crippen LogP contribution in [0.1, 0.15) is 19.3 Å². The van der Waals surface area contributed by atoms with Crippen molar-refractivity contribution >= 4 is 0 Å². The van der Waals surface area contributed by atoms with Crippen LogP contribution in [0.3, 0.4) is 0 Å². The topological polar surface area (TPSA) is 52.0 Å². The molecule has 1 fully saturated rings. The van der Waals surface area contributed by atoms with Crippen LogP contribution in [0.2, 0.25) is 0 Å². The summed E-state index contributed by atoms with van der Waals surface area (Å²) in [5.74, 6) is 0.803. The molecule has 2 heteroatoms. The fourth-order valence-electron chi connectivity index (χ4n) is 2.66. The van der Waals surface area contributed by atoms with E-state index in [1.54, 1.807) is 0 Å². The molecule has 2 atom stereocenters. The van der Waals surface area contributed by atoms with E-state index in [1.807, 2.05) is 0 Å². The summed E-state index contributed by atoms with van der Waals surface area (Å²) in [5, 5.41) is 0. The van der Waals surface area contributed by atoms with Crippen LogP contribution in [-0.2, 0) is 0 Å². The molecule has 0 aromatic carbocycles. The third-order valence-corrected chi connectivity index (χ3v) is 3.38. The van der Waals surface area contributed by atoms with Crippen molar-refractivity contribution in [3.05, 3.63) is 11.6 Å². The first-order valence-electron chi connectivity index (χ1n) is 4.42. The van der Waals surface area contributed by atoms with Crippen molar-refractivity contribution < 1.29 is 0 Å². The first kappa shape index (κ1) is 7.32. The fraction of sp³-hybridized carbons (Fsp3) is 0.778. The molecule has 0 spiro atoms. The number of hydrogen-bond donors (Lipinski definition) is 2. The molecule has 2 nitrogen and oxygen atoms in total. The molecule has 0 saturated heterocycles. The molecule has 4 N–H and O–H groups in total. The largest absolute Gasteiger partial charge is 0.330 e. The molecule has 2 bridgehead atoms. The molecule has 0 aromatic rings. The zero-order valence-electron chi connectivity index (χ0n) is 6.84. The van der Waals surface area contributed by atoms with E-state index in [2.05, 4.69) is 6.08 Å². The summed E-state index contributed by atoms with van der Waals surface area (Å²) in [6, 6.07) is 0. The highest BCUT2D eigenvalue weighted by molar-refractivity contribution is 5.28. The quantitative estimate of drug-likeness (QED) is 0.570. The zero-order valence-corrected chi connectivity index (χ0v) is 6.84. The third kappa shape index (κ3) is 0.861. The van der Waals surface area contributed by atoms with Gasteiger partial charge in [-0.3, -0.25) is 0 Å². The Hall–Kier alpha value is -0.340. The van der Waals surface area contributed by atoms with Crippen molar-refractivity contribution in [2.75, 3.05) is 13.1 Å². The summed E-state index contributed by atoms with van der Waals surface area (Å²) < 4.78 is 0. The van der Waals surface area contributed by atoms with Crippen LogP contribution in [-0.4, -0.2) is 13.1 Å². The lowest BCUT2D eigenvalue weighted by Crippen LogP contribution is -2.31. The Morgan fingerprint density at radius 3 is 2.82 bits per heavy atom. The number of hydrogen-bond acceptors (Lipinski definition) is 2. The molecular formula is C9H16N2. The summed E-state index contributed by atoms with van der Waals surface area (Å²) in [6.45, 7) is 1.51. The van der Waals surface area contributed by atoms with Crippen LogP contribution < -0.4 is 11.5 Å². The summed E-state index contributed by atoms with van der Waals surface area (Å²) in [5.41, 5.74) is 13.2. The number of allylic oxidation sites excluding steroid dienone is 1. The predicted octanol–water partition coefficient (Wildman–Crippen LogP) is 0.630. The number of nitrogens with two attached hydrogens (primary N) is 2. The molecule has 62 valence electrons. The lowest BCUT2D eigenvalue weighted by Gasteiger charge is -2.27. The molecule has 11 heavy (non-hydrogen) atoms. The summed E-state index contributed by atoms with van der Waals surface area (Å²) in [7, 11) is 0. The van der Waals surface area contributed by atoms with Gasteiger partial charge in [0.25, 0.3) is 0 Å². The smallest absolute Gasteiger partial charge is 0.0143 e. The molecule has 2 rings (SSSR count). The average Bonchev–Trinajstić information content (AvgIpc) is 2.60. The van der Waals surface area contributed by atoms with Crippen molar-refractivity contribution in [2.45, 2.75) is 19.3 Å². The SMILES string of the molecule is NCC1=CC2CCC1(CN)C2. The number of fused-ring (bicyclic) bond motifs is 2. The molecule has 0 aliphatic heterocycles. The molecule has 2 aliphatic rings. The minimum atomic E-state index is 0.333. The molecule has 2 unspecified atom stereocenters. The van der Waals surface area contributed by atoms with Crippen LogP contribution in [0.25, 0.3) is 0 Å². The average molecular weight is 152 g/mol. The van der Waals surface area contributed by atoms with Gasteiger partial charge in [-0.25, -0.2) is 0 Å². The van der Waals surface area contributed by atoms with Crippen LogP contribution in [0.4, 0.5) is 0 Å². The first-order chi connectivity index (χ1) is 5.30. The van der Waals surface area contributed by atoms with Crippen molar-refractivity contribution in [1.82, 2.24) is 0 Å². The highest BCUT2D eigenvalue weighted by atomic mass is 14.7. The molecule has 0 aromatic heterocycles. The van der Waals surface area contributed by atoms with E-state index < -0.39 is 0 Å². The molecule has 2 aliphatic carbocycles. The highest BCUT2D eigenvalue weighted by Gasteiger charge is 2.44. The van der Waals surface area contributed by atoms with Crippen molar-refractivity contribution in [1.29, 1.82) is 0 Å². The van der Waals surface area contributed by atoms with E-state index in [1.165, 1.54) is 24.8 Å². The second kappa shape index (κ2) is 2.32. The van der Waals surface area contributed by atoms with Crippen LogP contribution in [0.15, 0.2) is 11.6 Å². The van der Waals surface area contributed by atoms with Gasteiger partial charge < -0.3 is 11.5 Å². The zero-order chi connectivity index (χ0) is 7.90. The van der Waals surface area contributed by atoms with Crippen molar-refractivity contribution in [3.8, 4) is 0 Å². The van der Waals surface area contributed by atoms with Crippen molar-refractivity contribution in [2.24, 2.45) is 22.8 Å². The maximum Gasteiger partial charge on any atom is 0.0143 e. The molecule has 0 heterocycles. The summed E-state index contributed by atoms with van der Waals surface area (Å²) in [4.78, 5) is 0. The van der Waals surface area contributed by atoms with E-state index in [0.29, 0.717) is 12.0 Å².